The fraction of sp³-hybridized carbons (Fsp3) is 0. The first-order valence-electron chi connectivity index (χ1n) is 6.41. The molecular weight excluding hydrogens is 282 g/mol. The number of rotatable bonds is 3. The molecule has 5 heteroatoms. The van der Waals surface area contributed by atoms with Crippen LogP contribution in [0.15, 0.2) is 65.8 Å². The molecule has 2 aromatic carbocycles. The lowest BCUT2D eigenvalue weighted by atomic mass is 10.1. The quantitative estimate of drug-likeness (QED) is 0.459. The van der Waals surface area contributed by atoms with E-state index in [-0.39, 0.29) is 0 Å². The molecule has 3 rings (SSSR count). The summed E-state index contributed by atoms with van der Waals surface area (Å²) >= 11 is 1.28. The van der Waals surface area contributed by atoms with Crippen LogP contribution in [0.2, 0.25) is 0 Å². The zero-order valence-electron chi connectivity index (χ0n) is 11.1. The third-order valence-electron chi connectivity index (χ3n) is 3.13. The highest BCUT2D eigenvalue weighted by atomic mass is 32.1. The van der Waals surface area contributed by atoms with Crippen molar-refractivity contribution >= 4 is 17.6 Å². The van der Waals surface area contributed by atoms with E-state index in [4.69, 9.17) is 5.84 Å². The summed E-state index contributed by atoms with van der Waals surface area (Å²) in [4.78, 5) is 12.6. The fourth-order valence-electron chi connectivity index (χ4n) is 2.25. The highest BCUT2D eigenvalue weighted by molar-refractivity contribution is 7.11. The van der Waals surface area contributed by atoms with E-state index in [1.54, 1.807) is 0 Å². The number of carbonyl (C=O) groups excluding carboxylic acids is 1. The van der Waals surface area contributed by atoms with Gasteiger partial charge < -0.3 is 5.84 Å². The van der Waals surface area contributed by atoms with Crippen molar-refractivity contribution in [1.82, 2.24) is 4.57 Å². The number of aromatic nitrogens is 1. The second-order valence-corrected chi connectivity index (χ2v) is 5.39. The minimum atomic E-state index is 0.585. The van der Waals surface area contributed by atoms with E-state index in [1.807, 2.05) is 65.2 Å². The van der Waals surface area contributed by atoms with Gasteiger partial charge in [0.1, 0.15) is 0 Å². The van der Waals surface area contributed by atoms with Crippen LogP contribution in [0, 0.1) is 0 Å². The molecule has 0 bridgehead atoms. The summed E-state index contributed by atoms with van der Waals surface area (Å²) in [7, 11) is 0. The van der Waals surface area contributed by atoms with Crippen molar-refractivity contribution in [2.75, 3.05) is 0 Å². The van der Waals surface area contributed by atoms with Gasteiger partial charge in [0.2, 0.25) is 4.80 Å². The first-order valence-corrected chi connectivity index (χ1v) is 7.22. The van der Waals surface area contributed by atoms with Gasteiger partial charge in [-0.2, -0.15) is 5.10 Å². The Bertz CT molecular complexity index is 820. The van der Waals surface area contributed by atoms with Crippen LogP contribution < -0.4 is 10.6 Å². The molecule has 3 aromatic rings. The monoisotopic (exact) mass is 295 g/mol. The highest BCUT2D eigenvalue weighted by Crippen LogP contribution is 2.27. The zero-order valence-corrected chi connectivity index (χ0v) is 12.0. The van der Waals surface area contributed by atoms with Crippen molar-refractivity contribution in [3.63, 3.8) is 0 Å². The normalized spacial score (nSPS) is 11.5. The van der Waals surface area contributed by atoms with Crippen LogP contribution in [0.5, 0.6) is 0 Å². The average Bonchev–Trinajstić information content (AvgIpc) is 2.95. The zero-order chi connectivity index (χ0) is 14.7. The summed E-state index contributed by atoms with van der Waals surface area (Å²) in [6, 6.07) is 19.5. The molecule has 0 unspecified atom stereocenters. The molecule has 4 nitrogen and oxygen atoms in total. The van der Waals surface area contributed by atoms with E-state index in [2.05, 4.69) is 5.10 Å². The molecule has 21 heavy (non-hydrogen) atoms. The van der Waals surface area contributed by atoms with Crippen LogP contribution in [0.3, 0.4) is 0 Å². The Morgan fingerprint density at radius 2 is 1.62 bits per heavy atom. The summed E-state index contributed by atoms with van der Waals surface area (Å²) < 4.78 is 1.91. The smallest absolute Gasteiger partial charge is 0.213 e. The highest BCUT2D eigenvalue weighted by Gasteiger charge is 2.16. The minimum Gasteiger partial charge on any atom is -0.320 e. The van der Waals surface area contributed by atoms with Gasteiger partial charge in [0.25, 0.3) is 0 Å². The summed E-state index contributed by atoms with van der Waals surface area (Å²) in [5, 5.41) is 3.82. The SMILES string of the molecule is NN=c1sc(C=O)c(-c2ccccc2)n1-c1ccccc1. The number of carbonyl (C=O) groups is 1. The van der Waals surface area contributed by atoms with Gasteiger partial charge in [-0.3, -0.25) is 9.36 Å². The Kier molecular flexibility index (Phi) is 3.66. The molecule has 0 aliphatic rings. The summed E-state index contributed by atoms with van der Waals surface area (Å²) in [6.45, 7) is 0. The van der Waals surface area contributed by atoms with E-state index < -0.39 is 0 Å². The number of thiazole rings is 1. The van der Waals surface area contributed by atoms with Crippen molar-refractivity contribution in [3.8, 4) is 16.9 Å². The third kappa shape index (κ3) is 2.39. The van der Waals surface area contributed by atoms with Gasteiger partial charge in [-0.1, -0.05) is 59.9 Å². The first-order chi connectivity index (χ1) is 10.3. The van der Waals surface area contributed by atoms with Gasteiger partial charge in [-0.15, -0.1) is 0 Å². The van der Waals surface area contributed by atoms with E-state index in [1.165, 1.54) is 11.3 Å². The van der Waals surface area contributed by atoms with E-state index in [0.29, 0.717) is 9.68 Å². The second kappa shape index (κ2) is 5.76. The molecular formula is C16H13N3OS. The molecule has 1 aromatic heterocycles. The largest absolute Gasteiger partial charge is 0.320 e. The Hall–Kier alpha value is -2.66. The van der Waals surface area contributed by atoms with Gasteiger partial charge in [0, 0.05) is 11.3 Å². The van der Waals surface area contributed by atoms with Crippen molar-refractivity contribution in [3.05, 3.63) is 70.3 Å². The molecule has 0 radical (unpaired) electrons. The molecule has 0 saturated heterocycles. The van der Waals surface area contributed by atoms with Crippen molar-refractivity contribution in [2.24, 2.45) is 10.9 Å². The predicted octanol–water partition coefficient (Wildman–Crippen LogP) is 2.79. The number of hydrogen-bond donors (Lipinski definition) is 1. The molecule has 0 amide bonds. The summed E-state index contributed by atoms with van der Waals surface area (Å²) in [5.41, 5.74) is 2.69. The Labute approximate surface area is 125 Å². The van der Waals surface area contributed by atoms with Gasteiger partial charge in [0.15, 0.2) is 6.29 Å². The molecule has 0 saturated carbocycles. The predicted molar refractivity (Wildman–Crippen MR) is 84.2 cm³/mol. The van der Waals surface area contributed by atoms with E-state index in [9.17, 15) is 4.79 Å². The molecule has 0 aliphatic heterocycles. The number of nitrogens with two attached hydrogens (primary N) is 1. The van der Waals surface area contributed by atoms with Gasteiger partial charge >= 0.3 is 0 Å². The Morgan fingerprint density at radius 3 is 2.19 bits per heavy atom. The standard InChI is InChI=1S/C16H13N3OS/c17-18-16-19(13-9-5-2-6-10-13)15(14(11-20)21-16)12-7-3-1-4-8-12/h1-11H,17H2. The van der Waals surface area contributed by atoms with Gasteiger partial charge in [0.05, 0.1) is 10.6 Å². The van der Waals surface area contributed by atoms with Crippen molar-refractivity contribution in [1.29, 1.82) is 0 Å². The Morgan fingerprint density at radius 1 is 1.00 bits per heavy atom. The van der Waals surface area contributed by atoms with E-state index in [0.717, 1.165) is 23.2 Å². The number of para-hydroxylation sites is 1. The maximum absolute atomic E-state index is 11.4. The molecule has 2 N–H and O–H groups in total. The van der Waals surface area contributed by atoms with Crippen LogP contribution in [0.1, 0.15) is 9.67 Å². The molecule has 1 heterocycles. The molecule has 104 valence electrons. The molecule has 0 spiro atoms. The van der Waals surface area contributed by atoms with Crippen LogP contribution in [-0.2, 0) is 0 Å². The number of nitrogens with zero attached hydrogens (tertiary/aromatic N) is 2. The molecule has 0 atom stereocenters. The van der Waals surface area contributed by atoms with Gasteiger partial charge in [-0.05, 0) is 12.1 Å². The summed E-state index contributed by atoms with van der Waals surface area (Å²) in [5.74, 6) is 5.50. The number of hydrogen-bond acceptors (Lipinski definition) is 4. The molecule has 0 aliphatic carbocycles. The lowest BCUT2D eigenvalue weighted by Gasteiger charge is -2.09. The van der Waals surface area contributed by atoms with Crippen molar-refractivity contribution < 1.29 is 4.79 Å². The van der Waals surface area contributed by atoms with Crippen LogP contribution in [0.25, 0.3) is 16.9 Å². The van der Waals surface area contributed by atoms with Gasteiger partial charge in [-0.25, -0.2) is 0 Å². The topological polar surface area (TPSA) is 60.4 Å². The van der Waals surface area contributed by atoms with Crippen LogP contribution >= 0.6 is 11.3 Å². The first kappa shape index (κ1) is 13.3. The summed E-state index contributed by atoms with van der Waals surface area (Å²) in [6.07, 6.45) is 0.848. The molecule has 0 fully saturated rings. The van der Waals surface area contributed by atoms with E-state index >= 15 is 0 Å². The minimum absolute atomic E-state index is 0.585. The fourth-order valence-corrected chi connectivity index (χ4v) is 3.14. The van der Waals surface area contributed by atoms with Crippen LogP contribution in [-0.4, -0.2) is 10.9 Å². The number of aldehydes is 1. The Balaban J connectivity index is 2.38. The number of benzene rings is 2. The lowest BCUT2D eigenvalue weighted by molar-refractivity contribution is 0.112. The van der Waals surface area contributed by atoms with Crippen LogP contribution in [0.4, 0.5) is 0 Å². The second-order valence-electron chi connectivity index (χ2n) is 4.38. The lowest BCUT2D eigenvalue weighted by Crippen LogP contribution is -2.15. The van der Waals surface area contributed by atoms with Crippen molar-refractivity contribution in [2.45, 2.75) is 0 Å². The maximum Gasteiger partial charge on any atom is 0.213 e. The third-order valence-corrected chi connectivity index (χ3v) is 4.11. The average molecular weight is 295 g/mol. The maximum atomic E-state index is 11.4.